The summed E-state index contributed by atoms with van der Waals surface area (Å²) in [5, 5.41) is 0. The molecule has 0 spiro atoms. The van der Waals surface area contributed by atoms with Crippen molar-refractivity contribution in [3.63, 3.8) is 0 Å². The first-order valence-corrected chi connectivity index (χ1v) is 15.0. The van der Waals surface area contributed by atoms with Gasteiger partial charge in [-0.1, -0.05) is 114 Å². The van der Waals surface area contributed by atoms with Gasteiger partial charge in [0.2, 0.25) is 0 Å². The van der Waals surface area contributed by atoms with Crippen LogP contribution in [0.4, 0.5) is 4.39 Å². The van der Waals surface area contributed by atoms with Crippen molar-refractivity contribution in [1.82, 2.24) is 0 Å². The molecule has 1 unspecified atom stereocenters. The number of rotatable bonds is 18. The lowest BCUT2D eigenvalue weighted by Gasteiger charge is -2.15. The quantitative estimate of drug-likeness (QED) is 0.0901. The minimum Gasteiger partial charge on any atom is -0.491 e. The Morgan fingerprint density at radius 2 is 1.45 bits per heavy atom. The molecule has 0 saturated heterocycles. The smallest absolute Gasteiger partial charge is 0.373 e. The third kappa shape index (κ3) is 10.1. The van der Waals surface area contributed by atoms with E-state index in [4.69, 9.17) is 14.5 Å². The molecule has 0 N–H and O–H groups in total. The Balaban J connectivity index is 1.72. The van der Waals surface area contributed by atoms with Crippen molar-refractivity contribution in [3.8, 4) is 28.0 Å². The van der Waals surface area contributed by atoms with Crippen LogP contribution in [0.5, 0.6) is 5.75 Å². The van der Waals surface area contributed by atoms with Gasteiger partial charge in [-0.3, -0.25) is 4.89 Å². The molecule has 0 aliphatic rings. The molecule has 0 aromatic heterocycles. The van der Waals surface area contributed by atoms with E-state index >= 15 is 4.39 Å². The minimum absolute atomic E-state index is 0.179. The van der Waals surface area contributed by atoms with Gasteiger partial charge in [0.05, 0.1) is 12.2 Å². The van der Waals surface area contributed by atoms with Gasteiger partial charge in [-0.25, -0.2) is 9.18 Å². The van der Waals surface area contributed by atoms with Crippen molar-refractivity contribution >= 4 is 5.97 Å². The van der Waals surface area contributed by atoms with Gasteiger partial charge in [0.15, 0.2) is 11.6 Å². The van der Waals surface area contributed by atoms with Gasteiger partial charge < -0.3 is 4.74 Å². The van der Waals surface area contributed by atoms with E-state index in [9.17, 15) is 4.79 Å². The van der Waals surface area contributed by atoms with E-state index in [1.54, 1.807) is 18.2 Å². The number of carbonyl (C=O) groups is 1. The number of carbonyl (C=O) groups excluding carboxylic acids is 1. The second-order valence-electron chi connectivity index (χ2n) is 10.5. The van der Waals surface area contributed by atoms with E-state index in [0.29, 0.717) is 17.7 Å². The lowest BCUT2D eigenvalue weighted by molar-refractivity contribution is -0.271. The van der Waals surface area contributed by atoms with Crippen LogP contribution in [-0.2, 0) is 9.78 Å². The van der Waals surface area contributed by atoms with Crippen LogP contribution in [0.3, 0.4) is 0 Å². The molecule has 3 rings (SSSR count). The largest absolute Gasteiger partial charge is 0.491 e. The highest BCUT2D eigenvalue weighted by molar-refractivity contribution is 5.94. The summed E-state index contributed by atoms with van der Waals surface area (Å²) in [6.45, 7) is 6.78. The van der Waals surface area contributed by atoms with E-state index in [2.05, 4.69) is 13.8 Å². The highest BCUT2D eigenvalue weighted by Gasteiger charge is 2.17. The lowest BCUT2D eigenvalue weighted by Crippen LogP contribution is -2.13. The molecule has 216 valence electrons. The number of benzene rings is 3. The van der Waals surface area contributed by atoms with Crippen LogP contribution < -0.4 is 4.74 Å². The van der Waals surface area contributed by atoms with Gasteiger partial charge in [0.25, 0.3) is 0 Å². The maximum absolute atomic E-state index is 15.1. The van der Waals surface area contributed by atoms with Crippen LogP contribution in [0.2, 0.25) is 0 Å². The van der Waals surface area contributed by atoms with Crippen molar-refractivity contribution < 1.29 is 23.7 Å². The zero-order valence-electron chi connectivity index (χ0n) is 24.4. The lowest BCUT2D eigenvalue weighted by atomic mass is 9.92. The SMILES string of the molecule is CCCCCCCCOc1ccc(-c2cc(C(=O)OOC(C)CCCCCC)ccc2-c2ccccc2)cc1F. The highest BCUT2D eigenvalue weighted by atomic mass is 19.1. The number of unbranched alkanes of at least 4 members (excludes halogenated alkanes) is 8. The van der Waals surface area contributed by atoms with E-state index < -0.39 is 11.8 Å². The first-order chi connectivity index (χ1) is 19.5. The highest BCUT2D eigenvalue weighted by Crippen LogP contribution is 2.35. The zero-order valence-corrected chi connectivity index (χ0v) is 24.4. The molecule has 40 heavy (non-hydrogen) atoms. The fourth-order valence-electron chi connectivity index (χ4n) is 4.71. The second-order valence-corrected chi connectivity index (χ2v) is 10.5. The van der Waals surface area contributed by atoms with E-state index in [1.807, 2.05) is 49.4 Å². The molecule has 0 radical (unpaired) electrons. The molecule has 4 nitrogen and oxygen atoms in total. The average molecular weight is 549 g/mol. The Bertz CT molecular complexity index is 1160. The van der Waals surface area contributed by atoms with Crippen molar-refractivity contribution in [2.75, 3.05) is 6.61 Å². The average Bonchev–Trinajstić information content (AvgIpc) is 2.98. The number of hydrogen-bond acceptors (Lipinski definition) is 4. The predicted octanol–water partition coefficient (Wildman–Crippen LogP) is 10.3. The third-order valence-electron chi connectivity index (χ3n) is 7.09. The van der Waals surface area contributed by atoms with Crippen LogP contribution in [0.1, 0.15) is 102 Å². The van der Waals surface area contributed by atoms with Crippen molar-refractivity contribution in [2.45, 2.75) is 97.5 Å². The first kappa shape index (κ1) is 31.3. The van der Waals surface area contributed by atoms with Crippen molar-refractivity contribution in [2.24, 2.45) is 0 Å². The van der Waals surface area contributed by atoms with Crippen molar-refractivity contribution in [3.05, 3.63) is 78.1 Å². The molecule has 1 atom stereocenters. The Morgan fingerprint density at radius 1 is 0.750 bits per heavy atom. The maximum atomic E-state index is 15.1. The second kappa shape index (κ2) is 17.5. The zero-order chi connectivity index (χ0) is 28.6. The molecule has 0 heterocycles. The van der Waals surface area contributed by atoms with E-state index in [0.717, 1.165) is 48.8 Å². The van der Waals surface area contributed by atoms with E-state index in [1.165, 1.54) is 44.6 Å². The fourth-order valence-corrected chi connectivity index (χ4v) is 4.71. The molecular formula is C35H45FO4. The molecular weight excluding hydrogens is 503 g/mol. The number of halogens is 1. The summed E-state index contributed by atoms with van der Waals surface area (Å²) in [4.78, 5) is 23.4. The maximum Gasteiger partial charge on any atom is 0.373 e. The normalized spacial score (nSPS) is 11.8. The van der Waals surface area contributed by atoms with Crippen LogP contribution >= 0.6 is 0 Å². The van der Waals surface area contributed by atoms with Crippen LogP contribution in [-0.4, -0.2) is 18.7 Å². The predicted molar refractivity (Wildman–Crippen MR) is 161 cm³/mol. The van der Waals surface area contributed by atoms with Crippen LogP contribution in [0, 0.1) is 5.82 Å². The van der Waals surface area contributed by atoms with Gasteiger partial charge in [0.1, 0.15) is 6.10 Å². The molecule has 0 bridgehead atoms. The molecule has 0 aliphatic carbocycles. The Kier molecular flexibility index (Phi) is 13.7. The molecule has 0 amide bonds. The monoisotopic (exact) mass is 548 g/mol. The number of ether oxygens (including phenoxy) is 1. The Labute approximate surface area is 239 Å². The first-order valence-electron chi connectivity index (χ1n) is 15.0. The van der Waals surface area contributed by atoms with Gasteiger partial charge in [-0.05, 0) is 66.3 Å². The number of hydrogen-bond donors (Lipinski definition) is 0. The minimum atomic E-state index is -0.569. The summed E-state index contributed by atoms with van der Waals surface area (Å²) < 4.78 is 20.9. The molecule has 0 saturated carbocycles. The summed E-state index contributed by atoms with van der Waals surface area (Å²) >= 11 is 0. The van der Waals surface area contributed by atoms with Crippen LogP contribution in [0.15, 0.2) is 66.7 Å². The summed E-state index contributed by atoms with van der Waals surface area (Å²) in [7, 11) is 0. The topological polar surface area (TPSA) is 44.8 Å². The van der Waals surface area contributed by atoms with Gasteiger partial charge in [-0.2, -0.15) is 4.89 Å². The molecule has 0 fully saturated rings. The van der Waals surface area contributed by atoms with Gasteiger partial charge in [0, 0.05) is 0 Å². The van der Waals surface area contributed by atoms with Gasteiger partial charge >= 0.3 is 5.97 Å². The molecule has 0 aliphatic heterocycles. The summed E-state index contributed by atoms with van der Waals surface area (Å²) in [5.41, 5.74) is 3.59. The fraction of sp³-hybridized carbons (Fsp3) is 0.457. The third-order valence-corrected chi connectivity index (χ3v) is 7.09. The van der Waals surface area contributed by atoms with Gasteiger partial charge in [-0.15, -0.1) is 0 Å². The summed E-state index contributed by atoms with van der Waals surface area (Å²) in [6, 6.07) is 20.2. The van der Waals surface area contributed by atoms with Crippen molar-refractivity contribution in [1.29, 1.82) is 0 Å². The standard InChI is InChI=1S/C35H45FO4/c1-4-6-8-10-11-16-24-38-34-23-21-29(26-33(34)36)32-25-30(20-22-31(32)28-18-14-12-15-19-28)35(37)40-39-27(3)17-13-9-7-5-2/h12,14-15,18-23,25-27H,4-11,13,16-17,24H2,1-3H3. The molecule has 3 aromatic carbocycles. The van der Waals surface area contributed by atoms with Crippen LogP contribution in [0.25, 0.3) is 22.3 Å². The summed E-state index contributed by atoms with van der Waals surface area (Å²) in [6.07, 6.45) is 12.1. The molecule has 3 aromatic rings. The van der Waals surface area contributed by atoms with E-state index in [-0.39, 0.29) is 11.9 Å². The Morgan fingerprint density at radius 3 is 2.17 bits per heavy atom. The summed E-state index contributed by atoms with van der Waals surface area (Å²) in [5.74, 6) is -0.744. The molecule has 5 heteroatoms. The Hall–Kier alpha value is -3.18.